The van der Waals surface area contributed by atoms with Crippen molar-refractivity contribution in [2.24, 2.45) is 0 Å². The first-order chi connectivity index (χ1) is 7.54. The van der Waals surface area contributed by atoms with Crippen LogP contribution < -0.4 is 0 Å². The third-order valence-corrected chi connectivity index (χ3v) is 2.49. The molecule has 0 radical (unpaired) electrons. The number of hydrogen-bond donors (Lipinski definition) is 1. The fourth-order valence-electron chi connectivity index (χ4n) is 0.866. The fraction of sp³-hybridized carbons (Fsp3) is 0.125. The molecule has 1 rings (SSSR count). The summed E-state index contributed by atoms with van der Waals surface area (Å²) in [7, 11) is 0. The number of carboxylic acid groups (broad SMARTS) is 1. The molecular weight excluding hydrogens is 234 g/mol. The zero-order valence-corrected chi connectivity index (χ0v) is 8.60. The monoisotopic (exact) mass is 239 g/mol. The second kappa shape index (κ2) is 5.09. The molecule has 0 aliphatic rings. The predicted molar refractivity (Wildman–Crippen MR) is 54.0 cm³/mol. The third-order valence-electron chi connectivity index (χ3n) is 1.50. The van der Waals surface area contributed by atoms with E-state index in [9.17, 15) is 14.9 Å². The molecule has 0 bridgehead atoms. The van der Waals surface area contributed by atoms with Gasteiger partial charge in [-0.05, 0) is 0 Å². The van der Waals surface area contributed by atoms with Gasteiger partial charge in [0.15, 0.2) is 0 Å². The van der Waals surface area contributed by atoms with Gasteiger partial charge in [0.25, 0.3) is 5.69 Å². The van der Waals surface area contributed by atoms with Gasteiger partial charge in [-0.3, -0.25) is 14.9 Å². The Morgan fingerprint density at radius 2 is 2.44 bits per heavy atom. The molecule has 0 saturated heterocycles. The van der Waals surface area contributed by atoms with Crippen LogP contribution in [0.3, 0.4) is 0 Å². The summed E-state index contributed by atoms with van der Waals surface area (Å²) in [6.07, 6.45) is 0.991. The summed E-state index contributed by atoms with van der Waals surface area (Å²) in [5.41, 5.74) is -0.295. The number of rotatable bonds is 4. The van der Waals surface area contributed by atoms with Crippen LogP contribution >= 0.6 is 11.8 Å². The summed E-state index contributed by atoms with van der Waals surface area (Å²) < 4.78 is 0. The quantitative estimate of drug-likeness (QED) is 0.473. The molecule has 0 spiro atoms. The molecule has 0 aliphatic carbocycles. The largest absolute Gasteiger partial charge is 0.481 e. The Kier molecular flexibility index (Phi) is 3.79. The van der Waals surface area contributed by atoms with Gasteiger partial charge in [0.2, 0.25) is 0 Å². The SMILES string of the molecule is N#Cc1cc([N+](=O)[O-])cnc1SCC(=O)O. The lowest BCUT2D eigenvalue weighted by Crippen LogP contribution is -2.00. The van der Waals surface area contributed by atoms with E-state index in [0.717, 1.165) is 24.0 Å². The van der Waals surface area contributed by atoms with Gasteiger partial charge >= 0.3 is 5.97 Å². The molecule has 1 heterocycles. The van der Waals surface area contributed by atoms with E-state index in [0.29, 0.717) is 0 Å². The molecule has 0 saturated carbocycles. The van der Waals surface area contributed by atoms with Gasteiger partial charge in [-0.1, -0.05) is 11.8 Å². The van der Waals surface area contributed by atoms with Crippen LogP contribution in [0.1, 0.15) is 5.56 Å². The van der Waals surface area contributed by atoms with Crippen LogP contribution in [-0.4, -0.2) is 26.7 Å². The van der Waals surface area contributed by atoms with Crippen molar-refractivity contribution in [2.75, 3.05) is 5.75 Å². The summed E-state index contributed by atoms with van der Waals surface area (Å²) in [6, 6.07) is 2.80. The molecule has 82 valence electrons. The molecule has 0 aromatic carbocycles. The molecule has 0 aliphatic heterocycles. The van der Waals surface area contributed by atoms with Gasteiger partial charge in [-0.25, -0.2) is 4.98 Å². The topological polar surface area (TPSA) is 117 Å². The molecule has 1 aromatic heterocycles. The number of nitro groups is 1. The molecule has 0 fully saturated rings. The Balaban J connectivity index is 2.99. The Bertz CT molecular complexity index is 483. The van der Waals surface area contributed by atoms with E-state index in [1.54, 1.807) is 6.07 Å². The van der Waals surface area contributed by atoms with Gasteiger partial charge in [-0.15, -0.1) is 0 Å². The van der Waals surface area contributed by atoms with Crippen LogP contribution in [0.25, 0.3) is 0 Å². The Morgan fingerprint density at radius 1 is 1.75 bits per heavy atom. The van der Waals surface area contributed by atoms with Crippen LogP contribution in [0.4, 0.5) is 5.69 Å². The first-order valence-electron chi connectivity index (χ1n) is 3.93. The molecule has 8 heteroatoms. The van der Waals surface area contributed by atoms with Gasteiger partial charge in [0.05, 0.1) is 16.2 Å². The highest BCUT2D eigenvalue weighted by Crippen LogP contribution is 2.23. The van der Waals surface area contributed by atoms with Crippen molar-refractivity contribution < 1.29 is 14.8 Å². The van der Waals surface area contributed by atoms with E-state index >= 15 is 0 Å². The smallest absolute Gasteiger partial charge is 0.313 e. The van der Waals surface area contributed by atoms with Crippen molar-refractivity contribution in [3.63, 3.8) is 0 Å². The minimum absolute atomic E-state index is 0.000417. The van der Waals surface area contributed by atoms with E-state index in [1.165, 1.54) is 0 Å². The first kappa shape index (κ1) is 11.9. The van der Waals surface area contributed by atoms with Crippen molar-refractivity contribution >= 4 is 23.4 Å². The zero-order chi connectivity index (χ0) is 12.1. The van der Waals surface area contributed by atoms with Crippen molar-refractivity contribution in [2.45, 2.75) is 5.03 Å². The number of pyridine rings is 1. The molecule has 16 heavy (non-hydrogen) atoms. The van der Waals surface area contributed by atoms with Crippen molar-refractivity contribution in [3.05, 3.63) is 27.9 Å². The van der Waals surface area contributed by atoms with Crippen molar-refractivity contribution in [1.82, 2.24) is 4.98 Å². The van der Waals surface area contributed by atoms with Gasteiger partial charge in [0.1, 0.15) is 17.3 Å². The van der Waals surface area contributed by atoms with Crippen LogP contribution in [-0.2, 0) is 4.79 Å². The highest BCUT2D eigenvalue weighted by atomic mass is 32.2. The van der Waals surface area contributed by atoms with Crippen molar-refractivity contribution in [3.8, 4) is 6.07 Å². The molecule has 0 atom stereocenters. The average Bonchev–Trinajstić information content (AvgIpc) is 2.25. The number of hydrogen-bond acceptors (Lipinski definition) is 6. The third kappa shape index (κ3) is 2.93. The lowest BCUT2D eigenvalue weighted by atomic mass is 10.3. The van der Waals surface area contributed by atoms with Gasteiger partial charge in [0, 0.05) is 6.07 Å². The summed E-state index contributed by atoms with van der Waals surface area (Å²) >= 11 is 0.844. The lowest BCUT2D eigenvalue weighted by molar-refractivity contribution is -0.385. The molecule has 0 unspecified atom stereocenters. The highest BCUT2D eigenvalue weighted by molar-refractivity contribution is 7.99. The standard InChI is InChI=1S/C8H5N3O4S/c9-2-5-1-6(11(14)15)3-10-8(5)16-4-7(12)13/h1,3H,4H2,(H,12,13). The number of nitriles is 1. The fourth-order valence-corrected chi connectivity index (χ4v) is 1.51. The predicted octanol–water partition coefficient (Wildman–Crippen LogP) is 1.04. The normalized spacial score (nSPS) is 9.44. The van der Waals surface area contributed by atoms with Crippen LogP contribution in [0.2, 0.25) is 0 Å². The molecule has 1 N–H and O–H groups in total. The number of thioether (sulfide) groups is 1. The van der Waals surface area contributed by atoms with E-state index in [2.05, 4.69) is 4.98 Å². The maximum Gasteiger partial charge on any atom is 0.313 e. The number of carbonyl (C=O) groups is 1. The second-order valence-electron chi connectivity index (χ2n) is 2.60. The number of carboxylic acids is 1. The highest BCUT2D eigenvalue weighted by Gasteiger charge is 2.13. The zero-order valence-electron chi connectivity index (χ0n) is 7.78. The number of aliphatic carboxylic acids is 1. The Hall–Kier alpha value is -2.14. The van der Waals surface area contributed by atoms with E-state index in [1.807, 2.05) is 0 Å². The Labute approximate surface area is 93.9 Å². The molecule has 1 aromatic rings. The van der Waals surface area contributed by atoms with E-state index in [4.69, 9.17) is 10.4 Å². The Morgan fingerprint density at radius 3 is 2.94 bits per heavy atom. The molecule has 7 nitrogen and oxygen atoms in total. The summed E-state index contributed by atoms with van der Waals surface area (Å²) in [5, 5.41) is 27.7. The summed E-state index contributed by atoms with van der Waals surface area (Å²) in [5.74, 6) is -1.30. The van der Waals surface area contributed by atoms with Crippen LogP contribution in [0.5, 0.6) is 0 Å². The van der Waals surface area contributed by atoms with Crippen LogP contribution in [0, 0.1) is 21.4 Å². The molecule has 0 amide bonds. The maximum absolute atomic E-state index is 10.4. The van der Waals surface area contributed by atoms with Crippen molar-refractivity contribution in [1.29, 1.82) is 5.26 Å². The summed E-state index contributed by atoms with van der Waals surface area (Å²) in [4.78, 5) is 23.7. The van der Waals surface area contributed by atoms with Crippen LogP contribution in [0.15, 0.2) is 17.3 Å². The first-order valence-corrected chi connectivity index (χ1v) is 4.92. The summed E-state index contributed by atoms with van der Waals surface area (Å²) in [6.45, 7) is 0. The number of nitrogens with zero attached hydrogens (tertiary/aromatic N) is 3. The van der Waals surface area contributed by atoms with Gasteiger partial charge < -0.3 is 5.11 Å². The number of aromatic nitrogens is 1. The molecular formula is C8H5N3O4S. The minimum Gasteiger partial charge on any atom is -0.481 e. The lowest BCUT2D eigenvalue weighted by Gasteiger charge is -1.99. The van der Waals surface area contributed by atoms with Gasteiger partial charge in [-0.2, -0.15) is 5.26 Å². The maximum atomic E-state index is 10.4. The minimum atomic E-state index is -1.05. The second-order valence-corrected chi connectivity index (χ2v) is 3.56. The van der Waals surface area contributed by atoms with E-state index < -0.39 is 10.9 Å². The average molecular weight is 239 g/mol. The van der Waals surface area contributed by atoms with E-state index in [-0.39, 0.29) is 22.0 Å².